The lowest BCUT2D eigenvalue weighted by Gasteiger charge is -2.27. The van der Waals surface area contributed by atoms with Crippen molar-refractivity contribution >= 4 is 21.7 Å². The Morgan fingerprint density at radius 2 is 1.82 bits per heavy atom. The molecular weight excluding hydrogens is 440 g/mol. The highest BCUT2D eigenvalue weighted by Gasteiger charge is 2.27. The van der Waals surface area contributed by atoms with Gasteiger partial charge in [-0.15, -0.1) is 4.99 Å². The van der Waals surface area contributed by atoms with Gasteiger partial charge in [0.25, 0.3) is 0 Å². The second kappa shape index (κ2) is 14.1. The van der Waals surface area contributed by atoms with E-state index in [9.17, 15) is 8.42 Å². The van der Waals surface area contributed by atoms with Crippen LogP contribution in [0.3, 0.4) is 0 Å². The summed E-state index contributed by atoms with van der Waals surface area (Å²) in [6.45, 7) is 4.82. The fourth-order valence-electron chi connectivity index (χ4n) is 3.92. The van der Waals surface area contributed by atoms with E-state index < -0.39 is 15.3 Å². The summed E-state index contributed by atoms with van der Waals surface area (Å²) < 4.78 is 26.7. The summed E-state index contributed by atoms with van der Waals surface area (Å²) in [6.07, 6.45) is 14.2. The predicted octanol–water partition coefficient (Wildman–Crippen LogP) is 3.80. The third kappa shape index (κ3) is 8.91. The maximum absolute atomic E-state index is 12.7. The number of nitrogens with two attached hydrogens (primary N) is 1. The van der Waals surface area contributed by atoms with Crippen LogP contribution in [0.15, 0.2) is 29.5 Å². The number of pyridine rings is 1. The molecule has 1 aliphatic carbocycles. The van der Waals surface area contributed by atoms with Gasteiger partial charge in [-0.2, -0.15) is 5.26 Å². The zero-order chi connectivity index (χ0) is 24.1. The Kier molecular flexibility index (Phi) is 11.6. The zero-order valence-electron chi connectivity index (χ0n) is 19.9. The summed E-state index contributed by atoms with van der Waals surface area (Å²) in [7, 11) is -3.47. The van der Waals surface area contributed by atoms with Crippen molar-refractivity contribution in [1.29, 1.82) is 5.26 Å². The highest BCUT2D eigenvalue weighted by Crippen LogP contribution is 2.25. The summed E-state index contributed by atoms with van der Waals surface area (Å²) in [5.74, 6) is 0.595. The average Bonchev–Trinajstić information content (AvgIpc) is 2.81. The Balaban J connectivity index is 1.82. The van der Waals surface area contributed by atoms with E-state index in [1.54, 1.807) is 37.3 Å². The van der Waals surface area contributed by atoms with Gasteiger partial charge in [0.05, 0.1) is 11.9 Å². The van der Waals surface area contributed by atoms with E-state index in [1.165, 1.54) is 23.7 Å². The molecule has 2 N–H and O–H groups in total. The minimum atomic E-state index is -3.47. The molecule has 0 spiro atoms. The van der Waals surface area contributed by atoms with Crippen molar-refractivity contribution in [2.24, 2.45) is 16.6 Å². The Morgan fingerprint density at radius 3 is 2.42 bits per heavy atom. The maximum atomic E-state index is 12.7. The van der Waals surface area contributed by atoms with Gasteiger partial charge in [-0.25, -0.2) is 8.42 Å². The molecule has 9 nitrogen and oxygen atoms in total. The van der Waals surface area contributed by atoms with E-state index in [4.69, 9.17) is 15.8 Å². The van der Waals surface area contributed by atoms with Crippen molar-refractivity contribution in [2.75, 3.05) is 24.6 Å². The molecule has 0 atom stereocenters. The molecule has 0 aliphatic heterocycles. The molecular formula is C23H38N6O3S. The van der Waals surface area contributed by atoms with E-state index in [0.717, 1.165) is 37.8 Å². The van der Waals surface area contributed by atoms with Crippen LogP contribution < -0.4 is 10.6 Å². The standard InChI is InChI=1S/C23H38N6O3S/c1-20(2)33(30,31)29(32-18-21-10-6-5-7-11-21)17-9-4-3-8-16-28(23(25)27-19-24)22-12-14-26-15-13-22/h12-15,20-21H,3-11,16-18H2,1-2H3,(H2,25,27). The minimum absolute atomic E-state index is 0.147. The van der Waals surface area contributed by atoms with E-state index >= 15 is 0 Å². The van der Waals surface area contributed by atoms with Gasteiger partial charge in [-0.05, 0) is 57.6 Å². The Bertz CT molecular complexity index is 864. The van der Waals surface area contributed by atoms with Crippen LogP contribution in [-0.2, 0) is 14.9 Å². The lowest BCUT2D eigenvalue weighted by Crippen LogP contribution is -2.38. The molecule has 10 heteroatoms. The van der Waals surface area contributed by atoms with Gasteiger partial charge in [0, 0.05) is 31.2 Å². The number of hydrogen-bond donors (Lipinski definition) is 1. The Labute approximate surface area is 198 Å². The number of hydroxylamine groups is 1. The molecule has 2 rings (SSSR count). The first-order valence-electron chi connectivity index (χ1n) is 11.9. The Hall–Kier alpha value is -2.22. The van der Waals surface area contributed by atoms with Gasteiger partial charge < -0.3 is 10.6 Å². The summed E-state index contributed by atoms with van der Waals surface area (Å²) in [6, 6.07) is 3.64. The average molecular weight is 479 g/mol. The van der Waals surface area contributed by atoms with E-state index in [-0.39, 0.29) is 5.96 Å². The van der Waals surface area contributed by atoms with Crippen LogP contribution >= 0.6 is 0 Å². The summed E-state index contributed by atoms with van der Waals surface area (Å²) in [4.78, 5) is 15.3. The maximum Gasteiger partial charge on any atom is 0.238 e. The van der Waals surface area contributed by atoms with Gasteiger partial charge in [0.1, 0.15) is 0 Å². The smallest absolute Gasteiger partial charge is 0.238 e. The van der Waals surface area contributed by atoms with Crippen LogP contribution in [-0.4, -0.2) is 48.8 Å². The molecule has 1 aromatic heterocycles. The zero-order valence-corrected chi connectivity index (χ0v) is 20.7. The first-order valence-corrected chi connectivity index (χ1v) is 13.4. The number of nitriles is 1. The van der Waals surface area contributed by atoms with Crippen molar-refractivity contribution in [1.82, 2.24) is 9.45 Å². The molecule has 0 radical (unpaired) electrons. The van der Waals surface area contributed by atoms with Crippen LogP contribution in [0, 0.1) is 17.4 Å². The molecule has 0 amide bonds. The van der Waals surface area contributed by atoms with Crippen LogP contribution in [0.5, 0.6) is 0 Å². The number of guanidine groups is 1. The van der Waals surface area contributed by atoms with Crippen molar-refractivity contribution < 1.29 is 13.3 Å². The molecule has 1 saturated carbocycles. The number of unbranched alkanes of at least 4 members (excludes halogenated alkanes) is 3. The second-order valence-corrected chi connectivity index (χ2v) is 11.1. The third-order valence-corrected chi connectivity index (χ3v) is 7.99. The van der Waals surface area contributed by atoms with Gasteiger partial charge >= 0.3 is 0 Å². The molecule has 0 aromatic carbocycles. The monoisotopic (exact) mass is 478 g/mol. The highest BCUT2D eigenvalue weighted by molar-refractivity contribution is 7.89. The quantitative estimate of drug-likeness (QED) is 0.150. The molecule has 0 unspecified atom stereocenters. The van der Waals surface area contributed by atoms with Crippen molar-refractivity contribution in [3.05, 3.63) is 24.5 Å². The SMILES string of the molecule is CC(C)S(=O)(=O)N(CCCCCCN(C(N)=NC#N)c1ccncc1)OCC1CCCCC1. The number of aromatic nitrogens is 1. The van der Waals surface area contributed by atoms with Crippen molar-refractivity contribution in [2.45, 2.75) is 76.9 Å². The number of rotatable bonds is 13. The first kappa shape index (κ1) is 27.0. The van der Waals surface area contributed by atoms with Crippen LogP contribution in [0.4, 0.5) is 5.69 Å². The van der Waals surface area contributed by atoms with E-state index in [1.807, 2.05) is 12.1 Å². The van der Waals surface area contributed by atoms with Gasteiger partial charge in [0.2, 0.25) is 22.2 Å². The molecule has 0 bridgehead atoms. The fourth-order valence-corrected chi connectivity index (χ4v) is 4.98. The molecule has 1 heterocycles. The number of anilines is 1. The first-order chi connectivity index (χ1) is 15.9. The number of nitrogens with zero attached hydrogens (tertiary/aromatic N) is 5. The van der Waals surface area contributed by atoms with Crippen LogP contribution in [0.25, 0.3) is 0 Å². The summed E-state index contributed by atoms with van der Waals surface area (Å²) in [5, 5.41) is 8.32. The van der Waals surface area contributed by atoms with Crippen LogP contribution in [0.2, 0.25) is 0 Å². The molecule has 1 aliphatic rings. The molecule has 184 valence electrons. The topological polar surface area (TPSA) is 125 Å². The fraction of sp³-hybridized carbons (Fsp3) is 0.696. The minimum Gasteiger partial charge on any atom is -0.369 e. The summed E-state index contributed by atoms with van der Waals surface area (Å²) >= 11 is 0. The lowest BCUT2D eigenvalue weighted by molar-refractivity contribution is -0.103. The molecule has 0 saturated heterocycles. The van der Waals surface area contributed by atoms with Gasteiger partial charge in [0.15, 0.2) is 0 Å². The van der Waals surface area contributed by atoms with Gasteiger partial charge in [-0.3, -0.25) is 9.82 Å². The predicted molar refractivity (Wildman–Crippen MR) is 131 cm³/mol. The highest BCUT2D eigenvalue weighted by atomic mass is 32.2. The number of hydrogen-bond acceptors (Lipinski definition) is 6. The third-order valence-electron chi connectivity index (χ3n) is 5.95. The van der Waals surface area contributed by atoms with Crippen LogP contribution in [0.1, 0.15) is 71.6 Å². The van der Waals surface area contributed by atoms with E-state index in [0.29, 0.717) is 32.0 Å². The Morgan fingerprint density at radius 1 is 1.18 bits per heavy atom. The normalized spacial score (nSPS) is 15.7. The molecule has 33 heavy (non-hydrogen) atoms. The second-order valence-electron chi connectivity index (χ2n) is 8.76. The molecule has 1 fully saturated rings. The molecule has 1 aromatic rings. The summed E-state index contributed by atoms with van der Waals surface area (Å²) in [5.41, 5.74) is 6.78. The number of aliphatic imine (C=N–C) groups is 1. The van der Waals surface area contributed by atoms with Gasteiger partial charge in [-0.1, -0.05) is 36.6 Å². The number of sulfonamides is 1. The van der Waals surface area contributed by atoms with Crippen molar-refractivity contribution in [3.63, 3.8) is 0 Å². The largest absolute Gasteiger partial charge is 0.369 e. The van der Waals surface area contributed by atoms with E-state index in [2.05, 4.69) is 9.98 Å². The van der Waals surface area contributed by atoms with Crippen molar-refractivity contribution in [3.8, 4) is 6.19 Å². The lowest BCUT2D eigenvalue weighted by atomic mass is 9.90.